The van der Waals surface area contributed by atoms with E-state index in [9.17, 15) is 8.42 Å². The van der Waals surface area contributed by atoms with Gasteiger partial charge in [0.25, 0.3) is 0 Å². The zero-order valence-corrected chi connectivity index (χ0v) is 11.9. The number of sulfone groups is 1. The molecule has 1 heterocycles. The summed E-state index contributed by atoms with van der Waals surface area (Å²) in [6.07, 6.45) is 2.86. The minimum absolute atomic E-state index is 0.307. The number of fused-ring (bicyclic) bond motifs is 1. The minimum Gasteiger partial charge on any atom is -0.369 e. The van der Waals surface area contributed by atoms with Crippen molar-refractivity contribution in [3.05, 3.63) is 18.2 Å². The van der Waals surface area contributed by atoms with Crippen LogP contribution in [0.1, 0.15) is 0 Å². The van der Waals surface area contributed by atoms with Crippen LogP contribution in [0.5, 0.6) is 0 Å². The lowest BCUT2D eigenvalue weighted by Crippen LogP contribution is -2.06. The van der Waals surface area contributed by atoms with Crippen molar-refractivity contribution in [1.29, 1.82) is 0 Å². The fourth-order valence-electron chi connectivity index (χ4n) is 1.34. The monoisotopic (exact) mass is 283 g/mol. The molecule has 5 nitrogen and oxygen atoms in total. The van der Waals surface area contributed by atoms with Gasteiger partial charge in [0, 0.05) is 20.4 Å². The van der Waals surface area contributed by atoms with E-state index in [1.807, 2.05) is 19.0 Å². The molecule has 0 aliphatic rings. The quantitative estimate of drug-likeness (QED) is 0.638. The highest BCUT2D eigenvalue weighted by atomic mass is 32.2. The summed E-state index contributed by atoms with van der Waals surface area (Å²) in [4.78, 5) is 10.6. The van der Waals surface area contributed by atoms with E-state index < -0.39 is 9.84 Å². The first kappa shape index (κ1) is 13.0. The van der Waals surface area contributed by atoms with E-state index >= 15 is 0 Å². The van der Waals surface area contributed by atoms with Gasteiger partial charge < -0.3 is 4.90 Å². The van der Waals surface area contributed by atoms with Gasteiger partial charge in [-0.3, -0.25) is 0 Å². The number of nitrogens with zero attached hydrogens (tertiary/aromatic N) is 3. The van der Waals surface area contributed by atoms with Crippen molar-refractivity contribution in [2.75, 3.05) is 20.4 Å². The molecule has 0 N–H and O–H groups in total. The summed E-state index contributed by atoms with van der Waals surface area (Å²) in [7, 11) is 0.569. The van der Waals surface area contributed by atoms with Crippen LogP contribution in [-0.4, -0.2) is 45.0 Å². The Labute approximate surface area is 110 Å². The van der Waals surface area contributed by atoms with Crippen LogP contribution in [0.2, 0.25) is 0 Å². The number of aliphatic imine (C=N–C) groups is 1. The van der Waals surface area contributed by atoms with Crippen LogP contribution in [-0.2, 0) is 9.84 Å². The average molecular weight is 283 g/mol. The molecule has 0 radical (unpaired) electrons. The van der Waals surface area contributed by atoms with Gasteiger partial charge in [-0.1, -0.05) is 11.3 Å². The van der Waals surface area contributed by atoms with Gasteiger partial charge in [0.05, 0.1) is 21.5 Å². The number of aromatic nitrogens is 1. The summed E-state index contributed by atoms with van der Waals surface area (Å²) in [5, 5.41) is 0.615. The van der Waals surface area contributed by atoms with Gasteiger partial charge in [0.1, 0.15) is 0 Å². The Balaban J connectivity index is 2.46. The average Bonchev–Trinajstić information content (AvgIpc) is 2.66. The molecule has 18 heavy (non-hydrogen) atoms. The molecule has 96 valence electrons. The first-order valence-corrected chi connectivity index (χ1v) is 7.88. The number of thiazole rings is 1. The molecule has 2 aromatic rings. The van der Waals surface area contributed by atoms with E-state index in [0.717, 1.165) is 10.2 Å². The maximum Gasteiger partial charge on any atom is 0.211 e. The van der Waals surface area contributed by atoms with E-state index in [4.69, 9.17) is 0 Å². The molecule has 0 bridgehead atoms. The summed E-state index contributed by atoms with van der Waals surface area (Å²) < 4.78 is 23.7. The Bertz CT molecular complexity index is 702. The Morgan fingerprint density at radius 1 is 1.39 bits per heavy atom. The van der Waals surface area contributed by atoms with E-state index in [1.165, 1.54) is 17.6 Å². The van der Waals surface area contributed by atoms with Gasteiger partial charge in [-0.05, 0) is 18.2 Å². The molecule has 0 atom stereocenters. The van der Waals surface area contributed by atoms with Crippen LogP contribution in [0.25, 0.3) is 10.2 Å². The maximum absolute atomic E-state index is 11.4. The second-order valence-corrected chi connectivity index (χ2v) is 7.13. The molecule has 0 amide bonds. The van der Waals surface area contributed by atoms with Gasteiger partial charge in [0.2, 0.25) is 5.13 Å². The summed E-state index contributed by atoms with van der Waals surface area (Å²) in [5.41, 5.74) is 0.762. The van der Waals surface area contributed by atoms with Crippen LogP contribution in [0.15, 0.2) is 28.1 Å². The zero-order valence-electron chi connectivity index (χ0n) is 10.3. The second-order valence-electron chi connectivity index (χ2n) is 4.11. The molecule has 0 saturated carbocycles. The van der Waals surface area contributed by atoms with Gasteiger partial charge in [0.15, 0.2) is 9.84 Å². The van der Waals surface area contributed by atoms with E-state index in [2.05, 4.69) is 9.98 Å². The molecule has 2 rings (SSSR count). The molecule has 7 heteroatoms. The van der Waals surface area contributed by atoms with Crippen molar-refractivity contribution < 1.29 is 8.42 Å². The number of hydrogen-bond acceptors (Lipinski definition) is 5. The van der Waals surface area contributed by atoms with Crippen LogP contribution in [0.4, 0.5) is 5.13 Å². The molecular weight excluding hydrogens is 270 g/mol. The Morgan fingerprint density at radius 3 is 2.72 bits per heavy atom. The number of benzene rings is 1. The molecule has 0 aliphatic carbocycles. The Morgan fingerprint density at radius 2 is 2.11 bits per heavy atom. The summed E-state index contributed by atoms with van der Waals surface area (Å²) in [6, 6.07) is 4.91. The third-order valence-electron chi connectivity index (χ3n) is 2.18. The third kappa shape index (κ3) is 2.85. The van der Waals surface area contributed by atoms with Crippen molar-refractivity contribution in [2.24, 2.45) is 4.99 Å². The van der Waals surface area contributed by atoms with Crippen LogP contribution >= 0.6 is 11.3 Å². The van der Waals surface area contributed by atoms with E-state index in [0.29, 0.717) is 10.0 Å². The van der Waals surface area contributed by atoms with Crippen LogP contribution < -0.4 is 0 Å². The minimum atomic E-state index is -3.18. The maximum atomic E-state index is 11.4. The largest absolute Gasteiger partial charge is 0.369 e. The highest BCUT2D eigenvalue weighted by Crippen LogP contribution is 2.29. The molecule has 0 fully saturated rings. The topological polar surface area (TPSA) is 62.6 Å². The molecule has 0 aliphatic heterocycles. The number of hydrogen-bond donors (Lipinski definition) is 0. The molecule has 1 aromatic carbocycles. The van der Waals surface area contributed by atoms with Crippen molar-refractivity contribution in [3.63, 3.8) is 0 Å². The SMILES string of the molecule is CN(C)C=Nc1nc2ccc(S(C)(=O)=O)cc2s1. The lowest BCUT2D eigenvalue weighted by molar-refractivity contribution is 0.602. The molecular formula is C11H13N3O2S2. The van der Waals surface area contributed by atoms with Crippen molar-refractivity contribution in [3.8, 4) is 0 Å². The Hall–Kier alpha value is -1.47. The number of rotatable bonds is 3. The Kier molecular flexibility index (Phi) is 3.36. The third-order valence-corrected chi connectivity index (χ3v) is 4.21. The van der Waals surface area contributed by atoms with E-state index in [1.54, 1.807) is 24.5 Å². The van der Waals surface area contributed by atoms with Crippen LogP contribution in [0.3, 0.4) is 0 Å². The van der Waals surface area contributed by atoms with E-state index in [-0.39, 0.29) is 0 Å². The summed E-state index contributed by atoms with van der Waals surface area (Å²) in [5.74, 6) is 0. The van der Waals surface area contributed by atoms with Gasteiger partial charge >= 0.3 is 0 Å². The molecule has 0 saturated heterocycles. The fourth-order valence-corrected chi connectivity index (χ4v) is 2.91. The lowest BCUT2D eigenvalue weighted by atomic mass is 10.3. The highest BCUT2D eigenvalue weighted by Gasteiger charge is 2.10. The second kappa shape index (κ2) is 4.66. The first-order chi connectivity index (χ1) is 8.36. The zero-order chi connectivity index (χ0) is 13.3. The van der Waals surface area contributed by atoms with Crippen molar-refractivity contribution in [2.45, 2.75) is 4.90 Å². The standard InChI is InChI=1S/C11H13N3O2S2/c1-14(2)7-12-11-13-9-5-4-8(18(3,15)16)6-10(9)17-11/h4-7H,1-3H3. The van der Waals surface area contributed by atoms with Gasteiger partial charge in [-0.25, -0.2) is 18.4 Å². The summed E-state index contributed by atoms with van der Waals surface area (Å²) >= 11 is 1.37. The molecule has 0 spiro atoms. The molecule has 1 aromatic heterocycles. The lowest BCUT2D eigenvalue weighted by Gasteiger charge is -1.99. The first-order valence-electron chi connectivity index (χ1n) is 5.17. The van der Waals surface area contributed by atoms with Crippen LogP contribution in [0, 0.1) is 0 Å². The summed E-state index contributed by atoms with van der Waals surface area (Å²) in [6.45, 7) is 0. The fraction of sp³-hybridized carbons (Fsp3) is 0.273. The molecule has 0 unspecified atom stereocenters. The van der Waals surface area contributed by atoms with Gasteiger partial charge in [-0.2, -0.15) is 0 Å². The van der Waals surface area contributed by atoms with Crippen molar-refractivity contribution >= 4 is 42.9 Å². The predicted molar refractivity (Wildman–Crippen MR) is 74.6 cm³/mol. The normalized spacial score (nSPS) is 12.4. The van der Waals surface area contributed by atoms with Gasteiger partial charge in [-0.15, -0.1) is 0 Å². The highest BCUT2D eigenvalue weighted by molar-refractivity contribution is 7.90. The predicted octanol–water partition coefficient (Wildman–Crippen LogP) is 1.92. The van der Waals surface area contributed by atoms with Crippen molar-refractivity contribution in [1.82, 2.24) is 9.88 Å². The smallest absolute Gasteiger partial charge is 0.211 e.